The van der Waals surface area contributed by atoms with E-state index in [0.717, 1.165) is 0 Å². The highest BCUT2D eigenvalue weighted by Crippen LogP contribution is 2.05. The highest BCUT2D eigenvalue weighted by atomic mass is 16.5. The summed E-state index contributed by atoms with van der Waals surface area (Å²) in [6, 6.07) is -0.460. The summed E-state index contributed by atoms with van der Waals surface area (Å²) in [5, 5.41) is 3.01. The molecular formula is C10H18N2O4. The van der Waals surface area contributed by atoms with Crippen molar-refractivity contribution in [2.24, 2.45) is 0 Å². The van der Waals surface area contributed by atoms with E-state index in [0.29, 0.717) is 26.2 Å². The van der Waals surface area contributed by atoms with Crippen LogP contribution in [0.1, 0.15) is 6.42 Å². The summed E-state index contributed by atoms with van der Waals surface area (Å²) in [5.74, 6) is -0.437. The summed E-state index contributed by atoms with van der Waals surface area (Å²) >= 11 is 0. The number of methoxy groups -OCH3 is 2. The smallest absolute Gasteiger partial charge is 0.307 e. The lowest BCUT2D eigenvalue weighted by atomic mass is 10.1. The fourth-order valence-corrected chi connectivity index (χ4v) is 1.62. The molecule has 0 radical (unpaired) electrons. The van der Waals surface area contributed by atoms with E-state index in [1.165, 1.54) is 7.11 Å². The molecule has 0 saturated carbocycles. The SMILES string of the molecule is COCCN1CCNC(CC(=O)OC)C1=O. The van der Waals surface area contributed by atoms with E-state index in [1.54, 1.807) is 12.0 Å². The van der Waals surface area contributed by atoms with E-state index in [-0.39, 0.29) is 18.3 Å². The van der Waals surface area contributed by atoms with Gasteiger partial charge >= 0.3 is 5.97 Å². The average Bonchev–Trinajstić information content (AvgIpc) is 2.30. The topological polar surface area (TPSA) is 67.9 Å². The summed E-state index contributed by atoms with van der Waals surface area (Å²) in [6.07, 6.45) is 0.0822. The molecule has 0 aromatic rings. The van der Waals surface area contributed by atoms with Crippen LogP contribution in [0, 0.1) is 0 Å². The first-order chi connectivity index (χ1) is 7.69. The molecule has 1 fully saturated rings. The zero-order valence-corrected chi connectivity index (χ0v) is 9.69. The minimum absolute atomic E-state index is 0.0614. The molecule has 1 saturated heterocycles. The Balaban J connectivity index is 2.46. The number of amides is 1. The number of nitrogens with one attached hydrogen (secondary N) is 1. The van der Waals surface area contributed by atoms with Crippen LogP contribution in [-0.2, 0) is 19.1 Å². The van der Waals surface area contributed by atoms with Gasteiger partial charge in [-0.05, 0) is 0 Å². The molecule has 6 heteroatoms. The molecule has 1 unspecified atom stereocenters. The Hall–Kier alpha value is -1.14. The van der Waals surface area contributed by atoms with Crippen molar-refractivity contribution < 1.29 is 19.1 Å². The van der Waals surface area contributed by atoms with Crippen LogP contribution in [0.2, 0.25) is 0 Å². The number of hydrogen-bond acceptors (Lipinski definition) is 5. The molecular weight excluding hydrogens is 212 g/mol. The number of carbonyl (C=O) groups excluding carboxylic acids is 2. The van der Waals surface area contributed by atoms with Gasteiger partial charge in [-0.15, -0.1) is 0 Å². The average molecular weight is 230 g/mol. The Morgan fingerprint density at radius 3 is 2.94 bits per heavy atom. The molecule has 1 atom stereocenters. The first-order valence-corrected chi connectivity index (χ1v) is 5.27. The van der Waals surface area contributed by atoms with Crippen LogP contribution in [0.3, 0.4) is 0 Å². The van der Waals surface area contributed by atoms with Crippen LogP contribution >= 0.6 is 0 Å². The fourth-order valence-electron chi connectivity index (χ4n) is 1.62. The number of carbonyl (C=O) groups is 2. The van der Waals surface area contributed by atoms with Crippen LogP contribution in [-0.4, -0.2) is 63.3 Å². The van der Waals surface area contributed by atoms with Crippen LogP contribution < -0.4 is 5.32 Å². The van der Waals surface area contributed by atoms with Gasteiger partial charge in [0.05, 0.1) is 26.2 Å². The molecule has 0 bridgehead atoms. The lowest BCUT2D eigenvalue weighted by Gasteiger charge is -2.32. The van der Waals surface area contributed by atoms with Gasteiger partial charge in [0.1, 0.15) is 0 Å². The van der Waals surface area contributed by atoms with Crippen molar-refractivity contribution in [3.8, 4) is 0 Å². The molecule has 1 N–H and O–H groups in total. The van der Waals surface area contributed by atoms with Gasteiger partial charge in [-0.25, -0.2) is 0 Å². The van der Waals surface area contributed by atoms with E-state index in [2.05, 4.69) is 10.1 Å². The summed E-state index contributed by atoms with van der Waals surface area (Å²) in [5.41, 5.74) is 0. The summed E-state index contributed by atoms with van der Waals surface area (Å²) in [6.45, 7) is 2.42. The van der Waals surface area contributed by atoms with E-state index in [1.807, 2.05) is 0 Å². The number of piperazine rings is 1. The van der Waals surface area contributed by atoms with Gasteiger partial charge < -0.3 is 19.7 Å². The number of ether oxygens (including phenoxy) is 2. The van der Waals surface area contributed by atoms with Crippen LogP contribution in [0.4, 0.5) is 0 Å². The second-order valence-corrected chi connectivity index (χ2v) is 3.61. The van der Waals surface area contributed by atoms with Crippen LogP contribution in [0.5, 0.6) is 0 Å². The Morgan fingerprint density at radius 1 is 1.56 bits per heavy atom. The Labute approximate surface area is 94.9 Å². The Morgan fingerprint density at radius 2 is 2.31 bits per heavy atom. The quantitative estimate of drug-likeness (QED) is 0.613. The first kappa shape index (κ1) is 12.9. The molecule has 1 rings (SSSR count). The Bertz CT molecular complexity index is 257. The third kappa shape index (κ3) is 3.46. The number of rotatable bonds is 5. The maximum absolute atomic E-state index is 11.9. The minimum Gasteiger partial charge on any atom is -0.469 e. The molecule has 0 aromatic heterocycles. The van der Waals surface area contributed by atoms with Crippen molar-refractivity contribution in [3.05, 3.63) is 0 Å². The predicted octanol–water partition coefficient (Wildman–Crippen LogP) is -1.00. The fraction of sp³-hybridized carbons (Fsp3) is 0.800. The molecule has 1 aliphatic heterocycles. The summed E-state index contributed by atoms with van der Waals surface area (Å²) in [7, 11) is 2.91. The van der Waals surface area contributed by atoms with Gasteiger partial charge in [0, 0.05) is 26.7 Å². The van der Waals surface area contributed by atoms with Crippen molar-refractivity contribution in [1.82, 2.24) is 10.2 Å². The van der Waals surface area contributed by atoms with Gasteiger partial charge in [-0.2, -0.15) is 0 Å². The van der Waals surface area contributed by atoms with E-state index < -0.39 is 6.04 Å². The minimum atomic E-state index is -0.460. The molecule has 1 aliphatic rings. The first-order valence-electron chi connectivity index (χ1n) is 5.27. The normalized spacial score (nSPS) is 21.0. The second kappa shape index (κ2) is 6.44. The molecule has 0 spiro atoms. The van der Waals surface area contributed by atoms with Crippen molar-refractivity contribution in [1.29, 1.82) is 0 Å². The maximum atomic E-state index is 11.9. The number of nitrogens with zero attached hydrogens (tertiary/aromatic N) is 1. The highest BCUT2D eigenvalue weighted by Gasteiger charge is 2.29. The van der Waals surface area contributed by atoms with E-state index in [4.69, 9.17) is 4.74 Å². The van der Waals surface area contributed by atoms with Crippen molar-refractivity contribution in [3.63, 3.8) is 0 Å². The molecule has 1 amide bonds. The predicted molar refractivity (Wildman–Crippen MR) is 56.9 cm³/mol. The van der Waals surface area contributed by atoms with Gasteiger partial charge in [-0.1, -0.05) is 0 Å². The molecule has 16 heavy (non-hydrogen) atoms. The molecule has 0 aromatic carbocycles. The lowest BCUT2D eigenvalue weighted by Crippen LogP contribution is -2.56. The lowest BCUT2D eigenvalue weighted by molar-refractivity contribution is -0.146. The van der Waals surface area contributed by atoms with E-state index >= 15 is 0 Å². The number of hydrogen-bond donors (Lipinski definition) is 1. The Kier molecular flexibility index (Phi) is 5.21. The third-order valence-corrected chi connectivity index (χ3v) is 2.55. The summed E-state index contributed by atoms with van der Waals surface area (Å²) < 4.78 is 9.47. The van der Waals surface area contributed by atoms with Gasteiger partial charge in [-0.3, -0.25) is 9.59 Å². The monoisotopic (exact) mass is 230 g/mol. The third-order valence-electron chi connectivity index (χ3n) is 2.55. The number of esters is 1. The molecule has 1 heterocycles. The largest absolute Gasteiger partial charge is 0.469 e. The van der Waals surface area contributed by atoms with Crippen LogP contribution in [0.25, 0.3) is 0 Å². The van der Waals surface area contributed by atoms with Gasteiger partial charge in [0.15, 0.2) is 0 Å². The zero-order chi connectivity index (χ0) is 12.0. The molecule has 6 nitrogen and oxygen atoms in total. The highest BCUT2D eigenvalue weighted by molar-refractivity contribution is 5.87. The zero-order valence-electron chi connectivity index (χ0n) is 9.69. The molecule has 0 aliphatic carbocycles. The van der Waals surface area contributed by atoms with Gasteiger partial charge in [0.25, 0.3) is 0 Å². The standard InChI is InChI=1S/C10H18N2O4/c1-15-6-5-12-4-3-11-8(10(12)14)7-9(13)16-2/h8,11H,3-7H2,1-2H3. The van der Waals surface area contributed by atoms with Crippen LogP contribution in [0.15, 0.2) is 0 Å². The van der Waals surface area contributed by atoms with Crippen molar-refractivity contribution in [2.45, 2.75) is 12.5 Å². The summed E-state index contributed by atoms with van der Waals surface area (Å²) in [4.78, 5) is 24.7. The van der Waals surface area contributed by atoms with Gasteiger partial charge in [0.2, 0.25) is 5.91 Å². The molecule has 92 valence electrons. The van der Waals surface area contributed by atoms with E-state index in [9.17, 15) is 9.59 Å². The second-order valence-electron chi connectivity index (χ2n) is 3.61. The van der Waals surface area contributed by atoms with Crippen molar-refractivity contribution in [2.75, 3.05) is 40.5 Å². The maximum Gasteiger partial charge on any atom is 0.307 e. The van der Waals surface area contributed by atoms with Crippen molar-refractivity contribution >= 4 is 11.9 Å².